The number of hydrogen-bond acceptors (Lipinski definition) is 5. The second kappa shape index (κ2) is 7.97. The van der Waals surface area contributed by atoms with Gasteiger partial charge in [0.05, 0.1) is 24.8 Å². The molecular formula is C19H26N4O2. The highest BCUT2D eigenvalue weighted by Crippen LogP contribution is 2.22. The number of nitrogens with zero attached hydrogens (tertiary/aromatic N) is 4. The van der Waals surface area contributed by atoms with Gasteiger partial charge in [0.1, 0.15) is 5.75 Å². The molecule has 0 aromatic carbocycles. The van der Waals surface area contributed by atoms with E-state index in [0.29, 0.717) is 12.5 Å². The van der Waals surface area contributed by atoms with Crippen LogP contribution in [-0.2, 0) is 17.8 Å². The van der Waals surface area contributed by atoms with Crippen LogP contribution in [0.15, 0.2) is 37.1 Å². The maximum atomic E-state index is 5.99. The minimum atomic E-state index is 0.440. The quantitative estimate of drug-likeness (QED) is 0.834. The van der Waals surface area contributed by atoms with Crippen LogP contribution in [0.1, 0.15) is 18.5 Å². The summed E-state index contributed by atoms with van der Waals surface area (Å²) in [5, 5.41) is 0. The summed E-state index contributed by atoms with van der Waals surface area (Å²) in [5.41, 5.74) is 1.30. The Morgan fingerprint density at radius 1 is 1.12 bits per heavy atom. The van der Waals surface area contributed by atoms with E-state index in [1.165, 1.54) is 18.5 Å². The molecule has 0 aliphatic carbocycles. The predicted molar refractivity (Wildman–Crippen MR) is 94.3 cm³/mol. The van der Waals surface area contributed by atoms with Crippen molar-refractivity contribution < 1.29 is 9.47 Å². The number of fused-ring (bicyclic) bond motifs is 1. The fourth-order valence-corrected chi connectivity index (χ4v) is 3.82. The van der Waals surface area contributed by atoms with Gasteiger partial charge in [-0.25, -0.2) is 4.98 Å². The molecule has 2 aromatic heterocycles. The molecule has 6 heteroatoms. The highest BCUT2D eigenvalue weighted by molar-refractivity contribution is 5.15. The van der Waals surface area contributed by atoms with E-state index in [0.717, 1.165) is 51.1 Å². The first-order valence-electron chi connectivity index (χ1n) is 9.19. The van der Waals surface area contributed by atoms with E-state index in [1.54, 1.807) is 12.4 Å². The molecule has 1 unspecified atom stereocenters. The third kappa shape index (κ3) is 4.38. The standard InChI is InChI=1S/C19H26N4O2/c1-2-19(9-20-5-1)25-14-17-11-22(10-16-3-6-24-7-4-16)13-18-8-21-15-23(18)12-17/h1-2,5,8-9,15-17H,3-4,6-7,10-14H2. The summed E-state index contributed by atoms with van der Waals surface area (Å²) < 4.78 is 13.8. The summed E-state index contributed by atoms with van der Waals surface area (Å²) in [6, 6.07) is 3.87. The molecule has 2 aliphatic heterocycles. The Morgan fingerprint density at radius 2 is 2.04 bits per heavy atom. The molecule has 1 fully saturated rings. The molecule has 2 aromatic rings. The minimum Gasteiger partial charge on any atom is -0.492 e. The van der Waals surface area contributed by atoms with Crippen LogP contribution in [0.3, 0.4) is 0 Å². The number of imidazole rings is 1. The zero-order valence-corrected chi connectivity index (χ0v) is 14.6. The number of aromatic nitrogens is 3. The average molecular weight is 342 g/mol. The van der Waals surface area contributed by atoms with Gasteiger partial charge in [-0.05, 0) is 30.9 Å². The topological polar surface area (TPSA) is 52.4 Å². The van der Waals surface area contributed by atoms with Gasteiger partial charge in [-0.1, -0.05) is 0 Å². The Kier molecular flexibility index (Phi) is 5.28. The predicted octanol–water partition coefficient (Wildman–Crippen LogP) is 2.22. The smallest absolute Gasteiger partial charge is 0.137 e. The van der Waals surface area contributed by atoms with Crippen molar-refractivity contribution >= 4 is 0 Å². The van der Waals surface area contributed by atoms with Gasteiger partial charge in [0.25, 0.3) is 0 Å². The van der Waals surface area contributed by atoms with Gasteiger partial charge >= 0.3 is 0 Å². The van der Waals surface area contributed by atoms with E-state index >= 15 is 0 Å². The molecule has 0 spiro atoms. The van der Waals surface area contributed by atoms with Gasteiger partial charge in [-0.2, -0.15) is 0 Å². The second-order valence-corrected chi connectivity index (χ2v) is 7.15. The lowest BCUT2D eigenvalue weighted by atomic mass is 9.99. The lowest BCUT2D eigenvalue weighted by molar-refractivity contribution is 0.0479. The Labute approximate surface area is 148 Å². The van der Waals surface area contributed by atoms with Crippen LogP contribution in [0.5, 0.6) is 5.75 Å². The minimum absolute atomic E-state index is 0.440. The van der Waals surface area contributed by atoms with Crippen molar-refractivity contribution in [3.63, 3.8) is 0 Å². The fraction of sp³-hybridized carbons (Fsp3) is 0.579. The van der Waals surface area contributed by atoms with Crippen molar-refractivity contribution in [2.75, 3.05) is 32.9 Å². The summed E-state index contributed by atoms with van der Waals surface area (Å²) in [5.74, 6) is 2.02. The summed E-state index contributed by atoms with van der Waals surface area (Å²) in [6.07, 6.45) is 9.84. The molecule has 134 valence electrons. The molecule has 1 saturated heterocycles. The first kappa shape index (κ1) is 16.5. The number of rotatable bonds is 5. The lowest BCUT2D eigenvalue weighted by Crippen LogP contribution is -2.36. The van der Waals surface area contributed by atoms with Gasteiger partial charge < -0.3 is 14.0 Å². The average Bonchev–Trinajstić information content (AvgIpc) is 3.01. The second-order valence-electron chi connectivity index (χ2n) is 7.15. The first-order chi connectivity index (χ1) is 12.4. The van der Waals surface area contributed by atoms with Crippen LogP contribution in [-0.4, -0.2) is 52.3 Å². The lowest BCUT2D eigenvalue weighted by Gasteiger charge is -2.30. The van der Waals surface area contributed by atoms with Gasteiger partial charge in [0.2, 0.25) is 0 Å². The number of ether oxygens (including phenoxy) is 2. The van der Waals surface area contributed by atoms with Crippen molar-refractivity contribution in [2.24, 2.45) is 11.8 Å². The molecule has 0 N–H and O–H groups in total. The summed E-state index contributed by atoms with van der Waals surface area (Å²) in [7, 11) is 0. The molecule has 0 amide bonds. The van der Waals surface area contributed by atoms with Crippen LogP contribution in [0, 0.1) is 11.8 Å². The number of hydrogen-bond donors (Lipinski definition) is 0. The Hall–Kier alpha value is -1.92. The molecule has 6 nitrogen and oxygen atoms in total. The maximum absolute atomic E-state index is 5.99. The number of pyridine rings is 1. The molecule has 0 bridgehead atoms. The summed E-state index contributed by atoms with van der Waals surface area (Å²) in [6.45, 7) is 6.64. The molecular weight excluding hydrogens is 316 g/mol. The first-order valence-corrected chi connectivity index (χ1v) is 9.19. The zero-order chi connectivity index (χ0) is 16.9. The molecule has 4 rings (SSSR count). The Morgan fingerprint density at radius 3 is 2.88 bits per heavy atom. The maximum Gasteiger partial charge on any atom is 0.137 e. The molecule has 25 heavy (non-hydrogen) atoms. The third-order valence-corrected chi connectivity index (χ3v) is 5.13. The van der Waals surface area contributed by atoms with Crippen LogP contribution in [0.4, 0.5) is 0 Å². The molecule has 0 radical (unpaired) electrons. The van der Waals surface area contributed by atoms with Crippen molar-refractivity contribution in [3.05, 3.63) is 42.7 Å². The van der Waals surface area contributed by atoms with Gasteiger partial charge in [0.15, 0.2) is 0 Å². The highest BCUT2D eigenvalue weighted by atomic mass is 16.5. The Balaban J connectivity index is 1.41. The van der Waals surface area contributed by atoms with Crippen LogP contribution in [0.25, 0.3) is 0 Å². The van der Waals surface area contributed by atoms with Crippen molar-refractivity contribution in [1.29, 1.82) is 0 Å². The van der Waals surface area contributed by atoms with Gasteiger partial charge in [-0.3, -0.25) is 9.88 Å². The zero-order valence-electron chi connectivity index (χ0n) is 14.6. The van der Waals surface area contributed by atoms with Crippen molar-refractivity contribution in [3.8, 4) is 5.75 Å². The Bertz CT molecular complexity index is 654. The summed E-state index contributed by atoms with van der Waals surface area (Å²) in [4.78, 5) is 11.0. The van der Waals surface area contributed by atoms with E-state index in [-0.39, 0.29) is 0 Å². The van der Waals surface area contributed by atoms with Gasteiger partial charge in [0, 0.05) is 57.7 Å². The summed E-state index contributed by atoms with van der Waals surface area (Å²) >= 11 is 0. The molecule has 4 heterocycles. The van der Waals surface area contributed by atoms with E-state index in [4.69, 9.17) is 9.47 Å². The van der Waals surface area contributed by atoms with Crippen LogP contribution >= 0.6 is 0 Å². The molecule has 1 atom stereocenters. The van der Waals surface area contributed by atoms with Gasteiger partial charge in [-0.15, -0.1) is 0 Å². The normalized spacial score (nSPS) is 22.3. The van der Waals surface area contributed by atoms with Crippen molar-refractivity contribution in [1.82, 2.24) is 19.4 Å². The van der Waals surface area contributed by atoms with E-state index in [2.05, 4.69) is 19.4 Å². The van der Waals surface area contributed by atoms with Crippen LogP contribution < -0.4 is 4.74 Å². The van der Waals surface area contributed by atoms with E-state index in [9.17, 15) is 0 Å². The van der Waals surface area contributed by atoms with Crippen LogP contribution in [0.2, 0.25) is 0 Å². The van der Waals surface area contributed by atoms with Crippen molar-refractivity contribution in [2.45, 2.75) is 25.9 Å². The third-order valence-electron chi connectivity index (χ3n) is 5.13. The molecule has 2 aliphatic rings. The SMILES string of the molecule is c1cncc(OCC2CN(CC3CCOCC3)Cc3cncn3C2)c1. The molecule has 0 saturated carbocycles. The monoisotopic (exact) mass is 342 g/mol. The highest BCUT2D eigenvalue weighted by Gasteiger charge is 2.25. The largest absolute Gasteiger partial charge is 0.492 e. The van der Waals surface area contributed by atoms with E-state index < -0.39 is 0 Å². The fourth-order valence-electron chi connectivity index (χ4n) is 3.82. The van der Waals surface area contributed by atoms with E-state index in [1.807, 2.05) is 24.7 Å².